The van der Waals surface area contributed by atoms with Gasteiger partial charge in [0.25, 0.3) is 5.91 Å². The summed E-state index contributed by atoms with van der Waals surface area (Å²) in [6.45, 7) is -0.425. The van der Waals surface area contributed by atoms with Crippen molar-refractivity contribution in [2.45, 2.75) is 44.2 Å². The molecule has 7 nitrogen and oxygen atoms in total. The Bertz CT molecular complexity index is 1190. The van der Waals surface area contributed by atoms with Crippen LogP contribution in [0.2, 0.25) is 5.02 Å². The largest absolute Gasteiger partial charge is 0.484 e. The van der Waals surface area contributed by atoms with Gasteiger partial charge in [0.2, 0.25) is 5.91 Å². The zero-order valence-corrected chi connectivity index (χ0v) is 18.8. The van der Waals surface area contributed by atoms with Crippen LogP contribution < -0.4 is 15.4 Å². The number of H-pyrrole nitrogens is 1. The molecule has 34 heavy (non-hydrogen) atoms. The van der Waals surface area contributed by atoms with Crippen LogP contribution in [0, 0.1) is 17.5 Å². The van der Waals surface area contributed by atoms with Gasteiger partial charge in [0, 0.05) is 18.2 Å². The molecule has 1 fully saturated rings. The van der Waals surface area contributed by atoms with Crippen LogP contribution in [0.5, 0.6) is 5.75 Å². The maximum Gasteiger partial charge on any atom is 0.258 e. The zero-order chi connectivity index (χ0) is 24.3. The number of amides is 2. The molecular formula is C23H22ClF3N4O3. The van der Waals surface area contributed by atoms with E-state index in [-0.39, 0.29) is 22.8 Å². The molecule has 1 heterocycles. The summed E-state index contributed by atoms with van der Waals surface area (Å²) in [7, 11) is 0. The highest BCUT2D eigenvalue weighted by atomic mass is 35.5. The number of aromatic nitrogens is 2. The maximum absolute atomic E-state index is 13.6. The topological polar surface area (TPSA) is 96.1 Å². The number of carbonyl (C=O) groups is 2. The lowest BCUT2D eigenvalue weighted by Crippen LogP contribution is -2.60. The van der Waals surface area contributed by atoms with Crippen molar-refractivity contribution < 1.29 is 27.5 Å². The highest BCUT2D eigenvalue weighted by Gasteiger charge is 2.40. The lowest BCUT2D eigenvalue weighted by molar-refractivity contribution is -0.136. The van der Waals surface area contributed by atoms with Crippen molar-refractivity contribution in [3.8, 4) is 5.75 Å². The van der Waals surface area contributed by atoms with Gasteiger partial charge in [0.1, 0.15) is 22.9 Å². The van der Waals surface area contributed by atoms with E-state index in [4.69, 9.17) is 16.3 Å². The van der Waals surface area contributed by atoms with E-state index in [1.54, 1.807) is 0 Å². The second-order valence-corrected chi connectivity index (χ2v) is 8.61. The molecule has 3 aromatic rings. The number of ether oxygens (including phenoxy) is 1. The van der Waals surface area contributed by atoms with E-state index in [1.807, 2.05) is 0 Å². The van der Waals surface area contributed by atoms with E-state index < -0.39 is 41.4 Å². The molecule has 0 aliphatic heterocycles. The van der Waals surface area contributed by atoms with Crippen molar-refractivity contribution in [2.75, 3.05) is 6.61 Å². The Morgan fingerprint density at radius 1 is 1.06 bits per heavy atom. The molecular weight excluding hydrogens is 473 g/mol. The number of halogens is 4. The summed E-state index contributed by atoms with van der Waals surface area (Å²) >= 11 is 5.64. The number of benzene rings is 2. The van der Waals surface area contributed by atoms with Crippen LogP contribution in [-0.2, 0) is 16.1 Å². The van der Waals surface area contributed by atoms with Crippen molar-refractivity contribution >= 4 is 34.4 Å². The first-order valence-corrected chi connectivity index (χ1v) is 11.1. The summed E-state index contributed by atoms with van der Waals surface area (Å²) < 4.78 is 45.7. The first kappa shape index (κ1) is 23.9. The SMILES string of the molecule is O=C(COc1ccc(Cl)c(F)c1)NC1(C(=O)NCc2nc3cc(F)c(F)cc3[nH]2)CCCCC1. The standard InChI is InChI=1S/C23H22ClF3N4O3/c24-14-5-4-13(8-15(14)25)34-12-21(32)31-23(6-2-1-3-7-23)22(33)28-11-20-29-18-9-16(26)17(27)10-19(18)30-20/h4-5,8-10H,1-3,6-7,11-12H2,(H,28,33)(H,29,30)(H,31,32). The van der Waals surface area contributed by atoms with Crippen LogP contribution >= 0.6 is 11.6 Å². The average Bonchev–Trinajstić information content (AvgIpc) is 3.20. The smallest absolute Gasteiger partial charge is 0.258 e. The van der Waals surface area contributed by atoms with Gasteiger partial charge in [-0.15, -0.1) is 0 Å². The summed E-state index contributed by atoms with van der Waals surface area (Å²) in [5.41, 5.74) is -0.590. The molecule has 0 saturated heterocycles. The Balaban J connectivity index is 1.40. The lowest BCUT2D eigenvalue weighted by atomic mass is 9.80. The Kier molecular flexibility index (Phi) is 6.97. The molecule has 0 unspecified atom stereocenters. The molecule has 2 aromatic carbocycles. The van der Waals surface area contributed by atoms with Gasteiger partial charge in [-0.3, -0.25) is 9.59 Å². The van der Waals surface area contributed by atoms with Crippen molar-refractivity contribution in [2.24, 2.45) is 0 Å². The number of imidazole rings is 1. The van der Waals surface area contributed by atoms with E-state index in [2.05, 4.69) is 20.6 Å². The van der Waals surface area contributed by atoms with Gasteiger partial charge < -0.3 is 20.4 Å². The number of nitrogens with zero attached hydrogens (tertiary/aromatic N) is 1. The third-order valence-corrected chi connectivity index (χ3v) is 6.08. The third-order valence-electron chi connectivity index (χ3n) is 5.77. The number of rotatable bonds is 7. The van der Waals surface area contributed by atoms with Crippen LogP contribution in [0.25, 0.3) is 11.0 Å². The molecule has 2 amide bonds. The molecule has 3 N–H and O–H groups in total. The second kappa shape index (κ2) is 9.92. The van der Waals surface area contributed by atoms with Gasteiger partial charge in [0.05, 0.1) is 22.6 Å². The summed E-state index contributed by atoms with van der Waals surface area (Å²) in [5, 5.41) is 5.47. The van der Waals surface area contributed by atoms with Gasteiger partial charge in [-0.25, -0.2) is 18.2 Å². The van der Waals surface area contributed by atoms with Gasteiger partial charge in [0.15, 0.2) is 18.2 Å². The van der Waals surface area contributed by atoms with Crippen molar-refractivity contribution in [1.82, 2.24) is 20.6 Å². The summed E-state index contributed by atoms with van der Waals surface area (Å²) in [6.07, 6.45) is 3.32. The fourth-order valence-corrected chi connectivity index (χ4v) is 4.17. The lowest BCUT2D eigenvalue weighted by Gasteiger charge is -2.36. The maximum atomic E-state index is 13.6. The molecule has 0 radical (unpaired) electrons. The predicted molar refractivity (Wildman–Crippen MR) is 119 cm³/mol. The highest BCUT2D eigenvalue weighted by Crippen LogP contribution is 2.29. The number of nitrogens with one attached hydrogen (secondary N) is 3. The first-order chi connectivity index (χ1) is 16.3. The van der Waals surface area contributed by atoms with Crippen LogP contribution in [0.15, 0.2) is 30.3 Å². The summed E-state index contributed by atoms with van der Waals surface area (Å²) in [6, 6.07) is 5.80. The molecule has 4 rings (SSSR count). The number of aromatic amines is 1. The number of hydrogen-bond acceptors (Lipinski definition) is 4. The fraction of sp³-hybridized carbons (Fsp3) is 0.348. The van der Waals surface area contributed by atoms with Crippen molar-refractivity contribution in [3.05, 3.63) is 58.6 Å². The summed E-state index contributed by atoms with van der Waals surface area (Å²) in [4.78, 5) is 32.7. The van der Waals surface area contributed by atoms with Gasteiger partial charge in [-0.1, -0.05) is 30.9 Å². The molecule has 1 aliphatic carbocycles. The molecule has 11 heteroatoms. The molecule has 0 bridgehead atoms. The first-order valence-electron chi connectivity index (χ1n) is 10.8. The van der Waals surface area contributed by atoms with Crippen LogP contribution in [0.3, 0.4) is 0 Å². The van der Waals surface area contributed by atoms with E-state index in [0.29, 0.717) is 24.2 Å². The molecule has 1 aliphatic rings. The Morgan fingerprint density at radius 3 is 2.53 bits per heavy atom. The minimum atomic E-state index is -1.13. The molecule has 1 aromatic heterocycles. The number of hydrogen-bond donors (Lipinski definition) is 3. The van der Waals surface area contributed by atoms with E-state index in [9.17, 15) is 22.8 Å². The molecule has 1 saturated carbocycles. The molecule has 0 spiro atoms. The quantitative estimate of drug-likeness (QED) is 0.460. The predicted octanol–water partition coefficient (Wildman–Crippen LogP) is 4.15. The second-order valence-electron chi connectivity index (χ2n) is 8.21. The molecule has 0 atom stereocenters. The number of fused-ring (bicyclic) bond motifs is 1. The van der Waals surface area contributed by atoms with Crippen LogP contribution in [0.4, 0.5) is 13.2 Å². The van der Waals surface area contributed by atoms with Crippen LogP contribution in [-0.4, -0.2) is 33.9 Å². The minimum absolute atomic E-state index is 0.0189. The van der Waals surface area contributed by atoms with E-state index >= 15 is 0 Å². The Labute approximate surface area is 198 Å². The normalized spacial score (nSPS) is 15.2. The fourth-order valence-electron chi connectivity index (χ4n) is 4.06. The molecule has 180 valence electrons. The summed E-state index contributed by atoms with van der Waals surface area (Å²) in [5.74, 6) is -3.14. The minimum Gasteiger partial charge on any atom is -0.484 e. The van der Waals surface area contributed by atoms with E-state index in [0.717, 1.165) is 37.5 Å². The average molecular weight is 495 g/mol. The van der Waals surface area contributed by atoms with Crippen LogP contribution in [0.1, 0.15) is 37.9 Å². The number of carbonyl (C=O) groups excluding carboxylic acids is 2. The Morgan fingerprint density at radius 2 is 1.79 bits per heavy atom. The van der Waals surface area contributed by atoms with Gasteiger partial charge in [-0.05, 0) is 25.0 Å². The van der Waals surface area contributed by atoms with Gasteiger partial charge in [-0.2, -0.15) is 0 Å². The van der Waals surface area contributed by atoms with Crippen molar-refractivity contribution in [1.29, 1.82) is 0 Å². The van der Waals surface area contributed by atoms with E-state index in [1.165, 1.54) is 12.1 Å². The zero-order valence-electron chi connectivity index (χ0n) is 18.0. The third kappa shape index (κ3) is 5.27. The van der Waals surface area contributed by atoms with Gasteiger partial charge >= 0.3 is 0 Å². The monoisotopic (exact) mass is 494 g/mol. The Hall–Kier alpha value is -3.27. The van der Waals surface area contributed by atoms with Crippen molar-refractivity contribution in [3.63, 3.8) is 0 Å². The highest BCUT2D eigenvalue weighted by molar-refractivity contribution is 6.30.